The third-order valence-electron chi connectivity index (χ3n) is 3.18. The van der Waals surface area contributed by atoms with Crippen LogP contribution in [0.15, 0.2) is 24.3 Å². The molecular weight excluding hydrogens is 219 g/mol. The average Bonchev–Trinajstić information content (AvgIpc) is 2.36. The normalized spacial score (nSPS) is 14.1. The highest BCUT2D eigenvalue weighted by Crippen LogP contribution is 2.19. The Balaban J connectivity index is 2.63. The van der Waals surface area contributed by atoms with Gasteiger partial charge in [-0.2, -0.15) is 0 Å². The summed E-state index contributed by atoms with van der Waals surface area (Å²) in [5, 5.41) is 2.72. The number of halogens is 1. The Morgan fingerprint density at radius 3 is 2.65 bits per heavy atom. The predicted octanol–water partition coefficient (Wildman–Crippen LogP) is 1.82. The Morgan fingerprint density at radius 1 is 1.47 bits per heavy atom. The second-order valence-electron chi connectivity index (χ2n) is 4.39. The molecule has 0 fully saturated rings. The van der Waals surface area contributed by atoms with Gasteiger partial charge in [0.2, 0.25) is 5.91 Å². The Morgan fingerprint density at radius 2 is 2.12 bits per heavy atom. The molecule has 1 aromatic rings. The summed E-state index contributed by atoms with van der Waals surface area (Å²) in [6, 6.07) is 6.40. The van der Waals surface area contributed by atoms with Gasteiger partial charge in [-0.25, -0.2) is 4.39 Å². The standard InChI is InChI=1S/C13H19FN2O/c1-3-13(2,9-15)12(17)16-8-10-6-4-5-7-11(10)14/h4-7H,3,8-9,15H2,1-2H3,(H,16,17). The van der Waals surface area contributed by atoms with E-state index in [-0.39, 0.29) is 24.8 Å². The molecule has 17 heavy (non-hydrogen) atoms. The molecule has 1 unspecified atom stereocenters. The van der Waals surface area contributed by atoms with Gasteiger partial charge in [0.1, 0.15) is 5.82 Å². The van der Waals surface area contributed by atoms with Crippen molar-refractivity contribution in [1.82, 2.24) is 5.32 Å². The van der Waals surface area contributed by atoms with Gasteiger partial charge in [-0.3, -0.25) is 4.79 Å². The lowest BCUT2D eigenvalue weighted by atomic mass is 9.86. The quantitative estimate of drug-likeness (QED) is 0.822. The molecule has 0 spiro atoms. The second kappa shape index (κ2) is 5.77. The fourth-order valence-electron chi connectivity index (χ4n) is 1.43. The van der Waals surface area contributed by atoms with Gasteiger partial charge in [-0.1, -0.05) is 25.1 Å². The first-order chi connectivity index (χ1) is 8.03. The molecule has 0 saturated heterocycles. The lowest BCUT2D eigenvalue weighted by molar-refractivity contribution is -0.130. The number of hydrogen-bond acceptors (Lipinski definition) is 2. The first kappa shape index (κ1) is 13.6. The molecule has 94 valence electrons. The van der Waals surface area contributed by atoms with Gasteiger partial charge in [0.15, 0.2) is 0 Å². The van der Waals surface area contributed by atoms with Gasteiger partial charge in [-0.15, -0.1) is 0 Å². The summed E-state index contributed by atoms with van der Waals surface area (Å²) in [4.78, 5) is 11.9. The molecule has 0 aromatic heterocycles. The van der Waals surface area contributed by atoms with Gasteiger partial charge < -0.3 is 11.1 Å². The van der Waals surface area contributed by atoms with Crippen molar-refractivity contribution in [2.24, 2.45) is 11.1 Å². The van der Waals surface area contributed by atoms with Crippen molar-refractivity contribution < 1.29 is 9.18 Å². The van der Waals surface area contributed by atoms with E-state index in [1.807, 2.05) is 13.8 Å². The zero-order valence-electron chi connectivity index (χ0n) is 10.3. The van der Waals surface area contributed by atoms with Crippen LogP contribution in [-0.2, 0) is 11.3 Å². The number of amides is 1. The maximum absolute atomic E-state index is 13.3. The van der Waals surface area contributed by atoms with Crippen LogP contribution in [0.1, 0.15) is 25.8 Å². The largest absolute Gasteiger partial charge is 0.351 e. The summed E-state index contributed by atoms with van der Waals surface area (Å²) in [6.45, 7) is 4.20. The van der Waals surface area contributed by atoms with Crippen LogP contribution < -0.4 is 11.1 Å². The first-order valence-electron chi connectivity index (χ1n) is 5.75. The van der Waals surface area contributed by atoms with E-state index in [2.05, 4.69) is 5.32 Å². The summed E-state index contributed by atoms with van der Waals surface area (Å²) >= 11 is 0. The van der Waals surface area contributed by atoms with Crippen molar-refractivity contribution >= 4 is 5.91 Å². The van der Waals surface area contributed by atoms with Crippen LogP contribution in [0.5, 0.6) is 0 Å². The molecule has 1 rings (SSSR count). The molecule has 1 atom stereocenters. The Labute approximate surface area is 101 Å². The van der Waals surface area contributed by atoms with Gasteiger partial charge in [0, 0.05) is 18.7 Å². The minimum atomic E-state index is -0.578. The fraction of sp³-hybridized carbons (Fsp3) is 0.462. The number of carbonyl (C=O) groups is 1. The summed E-state index contributed by atoms with van der Waals surface area (Å²) in [5.74, 6) is -0.440. The average molecular weight is 238 g/mol. The number of nitrogens with one attached hydrogen (secondary N) is 1. The van der Waals surface area contributed by atoms with Crippen LogP contribution in [0.4, 0.5) is 4.39 Å². The van der Waals surface area contributed by atoms with Crippen molar-refractivity contribution in [3.63, 3.8) is 0 Å². The third-order valence-corrected chi connectivity index (χ3v) is 3.18. The number of nitrogens with two attached hydrogens (primary N) is 1. The van der Waals surface area contributed by atoms with E-state index < -0.39 is 5.41 Å². The van der Waals surface area contributed by atoms with E-state index >= 15 is 0 Å². The fourth-order valence-corrected chi connectivity index (χ4v) is 1.43. The van der Waals surface area contributed by atoms with Crippen LogP contribution in [-0.4, -0.2) is 12.5 Å². The molecule has 0 aliphatic rings. The SMILES string of the molecule is CCC(C)(CN)C(=O)NCc1ccccc1F. The van der Waals surface area contributed by atoms with E-state index in [9.17, 15) is 9.18 Å². The monoisotopic (exact) mass is 238 g/mol. The topological polar surface area (TPSA) is 55.1 Å². The number of rotatable bonds is 5. The van der Waals surface area contributed by atoms with Gasteiger partial charge in [0.25, 0.3) is 0 Å². The van der Waals surface area contributed by atoms with Crippen LogP contribution in [0.25, 0.3) is 0 Å². The molecule has 3 nitrogen and oxygen atoms in total. The zero-order chi connectivity index (χ0) is 12.9. The lowest BCUT2D eigenvalue weighted by Crippen LogP contribution is -2.43. The molecule has 0 aliphatic heterocycles. The Kier molecular flexibility index (Phi) is 4.63. The van der Waals surface area contributed by atoms with E-state index in [0.29, 0.717) is 12.0 Å². The molecule has 3 N–H and O–H groups in total. The van der Waals surface area contributed by atoms with Gasteiger partial charge >= 0.3 is 0 Å². The third kappa shape index (κ3) is 3.27. The number of carbonyl (C=O) groups excluding carboxylic acids is 1. The maximum Gasteiger partial charge on any atom is 0.227 e. The molecular formula is C13H19FN2O. The second-order valence-corrected chi connectivity index (χ2v) is 4.39. The van der Waals surface area contributed by atoms with Crippen LogP contribution >= 0.6 is 0 Å². The van der Waals surface area contributed by atoms with E-state index in [4.69, 9.17) is 5.73 Å². The van der Waals surface area contributed by atoms with Crippen molar-refractivity contribution in [1.29, 1.82) is 0 Å². The van der Waals surface area contributed by atoms with Gasteiger partial charge in [-0.05, 0) is 19.4 Å². The molecule has 4 heteroatoms. The highest BCUT2D eigenvalue weighted by atomic mass is 19.1. The van der Waals surface area contributed by atoms with Crippen molar-refractivity contribution in [3.8, 4) is 0 Å². The zero-order valence-corrected chi connectivity index (χ0v) is 10.3. The van der Waals surface area contributed by atoms with Crippen molar-refractivity contribution in [2.45, 2.75) is 26.8 Å². The first-order valence-corrected chi connectivity index (χ1v) is 5.75. The minimum absolute atomic E-state index is 0.134. The summed E-state index contributed by atoms with van der Waals surface area (Å²) in [5.41, 5.74) is 5.49. The van der Waals surface area contributed by atoms with Crippen LogP contribution in [0, 0.1) is 11.2 Å². The van der Waals surface area contributed by atoms with E-state index in [1.165, 1.54) is 6.07 Å². The highest BCUT2D eigenvalue weighted by Gasteiger charge is 2.29. The summed E-state index contributed by atoms with van der Waals surface area (Å²) in [7, 11) is 0. The lowest BCUT2D eigenvalue weighted by Gasteiger charge is -2.25. The molecule has 0 aliphatic carbocycles. The molecule has 0 saturated carbocycles. The van der Waals surface area contributed by atoms with Crippen LogP contribution in [0.2, 0.25) is 0 Å². The summed E-state index contributed by atoms with van der Waals surface area (Å²) in [6.07, 6.45) is 0.659. The Bertz CT molecular complexity index is 389. The van der Waals surface area contributed by atoms with Crippen molar-refractivity contribution in [3.05, 3.63) is 35.6 Å². The van der Waals surface area contributed by atoms with Crippen LogP contribution in [0.3, 0.4) is 0 Å². The minimum Gasteiger partial charge on any atom is -0.351 e. The van der Waals surface area contributed by atoms with E-state index in [1.54, 1.807) is 18.2 Å². The molecule has 1 amide bonds. The highest BCUT2D eigenvalue weighted by molar-refractivity contribution is 5.82. The summed E-state index contributed by atoms with van der Waals surface area (Å²) < 4.78 is 13.3. The van der Waals surface area contributed by atoms with Gasteiger partial charge in [0.05, 0.1) is 5.41 Å². The molecule has 1 aromatic carbocycles. The predicted molar refractivity (Wildman–Crippen MR) is 65.7 cm³/mol. The molecule has 0 bridgehead atoms. The molecule has 0 heterocycles. The number of benzene rings is 1. The Hall–Kier alpha value is -1.42. The smallest absolute Gasteiger partial charge is 0.227 e. The maximum atomic E-state index is 13.3. The number of hydrogen-bond donors (Lipinski definition) is 2. The van der Waals surface area contributed by atoms with E-state index in [0.717, 1.165) is 0 Å². The van der Waals surface area contributed by atoms with Crippen molar-refractivity contribution in [2.75, 3.05) is 6.54 Å². The molecule has 0 radical (unpaired) electrons.